The van der Waals surface area contributed by atoms with Crippen LogP contribution in [-0.2, 0) is 9.53 Å². The molecule has 2 amide bonds. The molecule has 2 aliphatic heterocycles. The van der Waals surface area contributed by atoms with Crippen molar-refractivity contribution >= 4 is 52.2 Å². The summed E-state index contributed by atoms with van der Waals surface area (Å²) in [7, 11) is 1.33. The van der Waals surface area contributed by atoms with E-state index >= 15 is 0 Å². The monoisotopic (exact) mass is 556 g/mol. The van der Waals surface area contributed by atoms with Gasteiger partial charge >= 0.3 is 5.97 Å². The van der Waals surface area contributed by atoms with Crippen LogP contribution in [0.4, 0.5) is 11.4 Å². The lowest BCUT2D eigenvalue weighted by Crippen LogP contribution is -2.39. The van der Waals surface area contributed by atoms with Crippen LogP contribution in [0.15, 0.2) is 66.7 Å². The number of rotatable bonds is 8. The number of ether oxygens (including phenoxy) is 1. The summed E-state index contributed by atoms with van der Waals surface area (Å²) in [5.41, 5.74) is 5.59. The number of fused-ring (bicyclic) bond motifs is 1. The molecule has 1 fully saturated rings. The fraction of sp³-hybridized carbons (Fsp3) is 0.258. The fourth-order valence-electron chi connectivity index (χ4n) is 4.89. The van der Waals surface area contributed by atoms with E-state index in [-0.39, 0.29) is 11.8 Å². The number of nitrogens with zero attached hydrogens (tertiary/aromatic N) is 1. The Kier molecular flexibility index (Phi) is 8.52. The van der Waals surface area contributed by atoms with Crippen LogP contribution < -0.4 is 16.0 Å². The summed E-state index contributed by atoms with van der Waals surface area (Å²) in [6, 6.07) is 20.3. The molecule has 0 aromatic heterocycles. The third-order valence-corrected chi connectivity index (χ3v) is 8.00. The normalized spacial score (nSPS) is 16.1. The van der Waals surface area contributed by atoms with Crippen LogP contribution >= 0.6 is 11.8 Å². The lowest BCUT2D eigenvalue weighted by Gasteiger charge is -2.26. The zero-order valence-electron chi connectivity index (χ0n) is 22.6. The van der Waals surface area contributed by atoms with Gasteiger partial charge < -0.3 is 20.7 Å². The number of benzene rings is 3. The molecule has 0 unspecified atom stereocenters. The van der Waals surface area contributed by atoms with Crippen molar-refractivity contribution in [2.24, 2.45) is 0 Å². The van der Waals surface area contributed by atoms with Gasteiger partial charge in [0.1, 0.15) is 0 Å². The molecular formula is C31H32N4O4S. The highest BCUT2D eigenvalue weighted by Crippen LogP contribution is 2.39. The highest BCUT2D eigenvalue weighted by molar-refractivity contribution is 7.99. The molecule has 0 radical (unpaired) electrons. The summed E-state index contributed by atoms with van der Waals surface area (Å²) in [6.45, 7) is 5.41. The topological polar surface area (TPSA) is 99.8 Å². The summed E-state index contributed by atoms with van der Waals surface area (Å²) < 4.78 is 4.89. The summed E-state index contributed by atoms with van der Waals surface area (Å²) in [4.78, 5) is 40.6. The maximum absolute atomic E-state index is 13.3. The molecule has 2 aliphatic rings. The molecule has 1 saturated heterocycles. The van der Waals surface area contributed by atoms with E-state index in [1.54, 1.807) is 18.2 Å². The van der Waals surface area contributed by atoms with E-state index in [0.29, 0.717) is 45.8 Å². The van der Waals surface area contributed by atoms with Gasteiger partial charge in [0.25, 0.3) is 11.8 Å². The number of aryl methyl sites for hydroxylation is 1. The Labute approximate surface area is 238 Å². The number of hydrogen-bond donors (Lipinski definition) is 3. The first-order valence-corrected chi connectivity index (χ1v) is 14.4. The molecule has 3 aromatic carbocycles. The van der Waals surface area contributed by atoms with E-state index in [1.807, 2.05) is 67.2 Å². The van der Waals surface area contributed by atoms with Crippen LogP contribution in [0.3, 0.4) is 0 Å². The zero-order valence-corrected chi connectivity index (χ0v) is 23.4. The number of thioether (sulfide) groups is 1. The van der Waals surface area contributed by atoms with Gasteiger partial charge in [-0.05, 0) is 54.4 Å². The first-order valence-electron chi connectivity index (χ1n) is 13.2. The maximum Gasteiger partial charge on any atom is 0.338 e. The van der Waals surface area contributed by atoms with E-state index in [1.165, 1.54) is 7.11 Å². The van der Waals surface area contributed by atoms with Crippen LogP contribution in [0.25, 0.3) is 11.3 Å². The van der Waals surface area contributed by atoms with E-state index < -0.39 is 5.97 Å². The van der Waals surface area contributed by atoms with Crippen molar-refractivity contribution in [3.05, 3.63) is 94.5 Å². The number of esters is 1. The van der Waals surface area contributed by atoms with Crippen molar-refractivity contribution in [1.82, 2.24) is 10.2 Å². The van der Waals surface area contributed by atoms with Gasteiger partial charge in [-0.1, -0.05) is 30.3 Å². The second-order valence-electron chi connectivity index (χ2n) is 9.69. The molecule has 40 heavy (non-hydrogen) atoms. The average molecular weight is 557 g/mol. The minimum atomic E-state index is -0.455. The quantitative estimate of drug-likeness (QED) is 0.278. The second kappa shape index (κ2) is 12.4. The standard InChI is InChI=1S/C31H32N4O4S/c1-20-18-25-26(19-24(20)31(38)39-2)34-30(37)27(25)28(21-6-4-3-5-7-21)33-23-10-8-22(9-11-23)29(36)32-12-13-35-14-16-40-17-15-35/h3-11,18-19,33H,12-17H2,1-2H3,(H,32,36)(H,34,37)/b28-27-. The van der Waals surface area contributed by atoms with Crippen LogP contribution in [0.5, 0.6) is 0 Å². The molecule has 0 atom stereocenters. The lowest BCUT2D eigenvalue weighted by molar-refractivity contribution is -0.110. The predicted molar refractivity (Wildman–Crippen MR) is 161 cm³/mol. The number of carbonyl (C=O) groups excluding carboxylic acids is 3. The first kappa shape index (κ1) is 27.5. The van der Waals surface area contributed by atoms with E-state index in [0.717, 1.165) is 42.4 Å². The average Bonchev–Trinajstić information content (AvgIpc) is 3.30. The predicted octanol–water partition coefficient (Wildman–Crippen LogP) is 4.49. The zero-order chi connectivity index (χ0) is 28.1. The first-order chi connectivity index (χ1) is 19.4. The number of methoxy groups -OCH3 is 1. The minimum Gasteiger partial charge on any atom is -0.465 e. The smallest absolute Gasteiger partial charge is 0.338 e. The van der Waals surface area contributed by atoms with Crippen molar-refractivity contribution in [3.8, 4) is 0 Å². The third-order valence-electron chi connectivity index (χ3n) is 7.06. The van der Waals surface area contributed by atoms with Gasteiger partial charge in [0.05, 0.1) is 29.6 Å². The van der Waals surface area contributed by atoms with Gasteiger partial charge in [0.2, 0.25) is 0 Å². The minimum absolute atomic E-state index is 0.111. The molecule has 9 heteroatoms. The Hall–Kier alpha value is -4.08. The van der Waals surface area contributed by atoms with Crippen molar-refractivity contribution in [2.45, 2.75) is 6.92 Å². The maximum atomic E-state index is 13.3. The highest BCUT2D eigenvalue weighted by atomic mass is 32.2. The van der Waals surface area contributed by atoms with Gasteiger partial charge in [-0.3, -0.25) is 14.5 Å². The van der Waals surface area contributed by atoms with Crippen LogP contribution in [0, 0.1) is 6.92 Å². The molecule has 206 valence electrons. The van der Waals surface area contributed by atoms with Crippen LogP contribution in [0.2, 0.25) is 0 Å². The van der Waals surface area contributed by atoms with Gasteiger partial charge in [-0.2, -0.15) is 11.8 Å². The Morgan fingerprint density at radius 3 is 2.42 bits per heavy atom. The summed E-state index contributed by atoms with van der Waals surface area (Å²) >= 11 is 1.97. The molecule has 0 bridgehead atoms. The van der Waals surface area contributed by atoms with Crippen LogP contribution in [-0.4, -0.2) is 67.5 Å². The molecule has 8 nitrogen and oxygen atoms in total. The Bertz CT molecular complexity index is 1450. The lowest BCUT2D eigenvalue weighted by atomic mass is 9.96. The number of amides is 2. The Morgan fingerprint density at radius 1 is 1.00 bits per heavy atom. The largest absolute Gasteiger partial charge is 0.465 e. The summed E-state index contributed by atoms with van der Waals surface area (Å²) in [6.07, 6.45) is 0. The molecule has 0 aliphatic carbocycles. The number of carbonyl (C=O) groups is 3. The molecular weight excluding hydrogens is 524 g/mol. The van der Waals surface area contributed by atoms with E-state index in [2.05, 4.69) is 20.9 Å². The van der Waals surface area contributed by atoms with E-state index in [4.69, 9.17) is 4.74 Å². The van der Waals surface area contributed by atoms with Crippen molar-refractivity contribution < 1.29 is 19.1 Å². The highest BCUT2D eigenvalue weighted by Gasteiger charge is 2.30. The van der Waals surface area contributed by atoms with E-state index in [9.17, 15) is 14.4 Å². The third kappa shape index (κ3) is 6.05. The molecule has 0 spiro atoms. The molecule has 0 saturated carbocycles. The SMILES string of the molecule is COC(=O)c1cc2c(cc1C)/C(=C(/Nc1ccc(C(=O)NCCN3CCSCC3)cc1)c1ccccc1)C(=O)N2. The molecule has 5 rings (SSSR count). The fourth-order valence-corrected chi connectivity index (χ4v) is 5.87. The second-order valence-corrected chi connectivity index (χ2v) is 10.9. The van der Waals surface area contributed by atoms with Gasteiger partial charge in [0, 0.05) is 54.5 Å². The molecule has 3 N–H and O–H groups in total. The Morgan fingerprint density at radius 2 is 1.73 bits per heavy atom. The van der Waals surface area contributed by atoms with Crippen molar-refractivity contribution in [1.29, 1.82) is 0 Å². The summed E-state index contributed by atoms with van der Waals surface area (Å²) in [5.74, 6) is 1.45. The van der Waals surface area contributed by atoms with Gasteiger partial charge in [-0.15, -0.1) is 0 Å². The summed E-state index contributed by atoms with van der Waals surface area (Å²) in [5, 5.41) is 9.32. The number of nitrogens with one attached hydrogen (secondary N) is 3. The van der Waals surface area contributed by atoms with Crippen LogP contribution in [0.1, 0.15) is 37.4 Å². The van der Waals surface area contributed by atoms with Gasteiger partial charge in [0.15, 0.2) is 0 Å². The molecule has 2 heterocycles. The number of anilines is 2. The van der Waals surface area contributed by atoms with Crippen molar-refractivity contribution in [2.75, 3.05) is 55.4 Å². The number of hydrogen-bond acceptors (Lipinski definition) is 7. The molecule has 3 aromatic rings. The Balaban J connectivity index is 1.39. The van der Waals surface area contributed by atoms with Gasteiger partial charge in [-0.25, -0.2) is 4.79 Å². The van der Waals surface area contributed by atoms with Crippen molar-refractivity contribution in [3.63, 3.8) is 0 Å².